The van der Waals surface area contributed by atoms with Crippen molar-refractivity contribution in [3.8, 4) is 0 Å². The maximum Gasteiger partial charge on any atom is 0.132 e. The molecule has 0 aliphatic rings. The third-order valence-corrected chi connectivity index (χ3v) is 8.52. The second kappa shape index (κ2) is 12.5. The van der Waals surface area contributed by atoms with Crippen molar-refractivity contribution < 1.29 is 27.8 Å². The fourth-order valence-corrected chi connectivity index (χ4v) is 6.63. The first-order valence-corrected chi connectivity index (χ1v) is 14.1. The minimum absolute atomic E-state index is 0.224. The molecule has 0 amide bonds. The summed E-state index contributed by atoms with van der Waals surface area (Å²) in [5, 5.41) is 23.3. The van der Waals surface area contributed by atoms with Crippen LogP contribution in [0.4, 0.5) is 17.6 Å². The lowest BCUT2D eigenvalue weighted by atomic mass is 9.69. The first kappa shape index (κ1) is 31.6. The Morgan fingerprint density at radius 2 is 1.27 bits per heavy atom. The van der Waals surface area contributed by atoms with Crippen molar-refractivity contribution in [1.82, 2.24) is 0 Å². The molecule has 2 nitrogen and oxygen atoms in total. The zero-order valence-electron chi connectivity index (χ0n) is 21.5. The Labute approximate surface area is 255 Å². The summed E-state index contributed by atoms with van der Waals surface area (Å²) < 4.78 is 58.4. The summed E-state index contributed by atoms with van der Waals surface area (Å²) in [5.74, 6) is -6.08. The summed E-state index contributed by atoms with van der Waals surface area (Å²) in [6.07, 6.45) is -0.406. The summed E-state index contributed by atoms with van der Waals surface area (Å²) >= 11 is 25.8. The van der Waals surface area contributed by atoms with Crippen LogP contribution in [0.2, 0.25) is 10.0 Å². The average Bonchev–Trinajstić information content (AvgIpc) is 2.87. The number of aryl methyl sites for hydroxylation is 1. The van der Waals surface area contributed by atoms with E-state index in [0.29, 0.717) is 23.3 Å². The molecule has 0 radical (unpaired) electrons. The monoisotopic (exact) mass is 644 g/mol. The van der Waals surface area contributed by atoms with Crippen LogP contribution >= 0.6 is 46.4 Å². The third kappa shape index (κ3) is 6.53. The largest absolute Gasteiger partial charge is 0.383 e. The molecular formula is C31H24Cl4F4O2. The van der Waals surface area contributed by atoms with Gasteiger partial charge in [0.15, 0.2) is 0 Å². The molecule has 0 saturated heterocycles. The molecule has 41 heavy (non-hydrogen) atoms. The van der Waals surface area contributed by atoms with Crippen molar-refractivity contribution >= 4 is 46.4 Å². The Kier molecular flexibility index (Phi) is 9.64. The molecule has 10 heteroatoms. The zero-order valence-corrected chi connectivity index (χ0v) is 24.5. The fraction of sp³-hybridized carbons (Fsp3) is 0.226. The number of aliphatic hydroxyl groups is 2. The summed E-state index contributed by atoms with van der Waals surface area (Å²) in [4.78, 5) is 0. The van der Waals surface area contributed by atoms with Gasteiger partial charge in [0.05, 0.1) is 11.3 Å². The Morgan fingerprint density at radius 1 is 0.732 bits per heavy atom. The quantitative estimate of drug-likeness (QED) is 0.141. The number of hydrogen-bond donors (Lipinski definition) is 2. The van der Waals surface area contributed by atoms with Gasteiger partial charge in [-0.2, -0.15) is 0 Å². The van der Waals surface area contributed by atoms with E-state index in [4.69, 9.17) is 46.4 Å². The van der Waals surface area contributed by atoms with Crippen LogP contribution in [0.25, 0.3) is 0 Å². The molecule has 4 aromatic rings. The van der Waals surface area contributed by atoms with Gasteiger partial charge in [0.1, 0.15) is 34.5 Å². The highest BCUT2D eigenvalue weighted by Gasteiger charge is 2.53. The predicted molar refractivity (Wildman–Crippen MR) is 155 cm³/mol. The number of alkyl halides is 2. The third-order valence-electron chi connectivity index (χ3n) is 7.06. The maximum atomic E-state index is 15.4. The van der Waals surface area contributed by atoms with Crippen molar-refractivity contribution in [1.29, 1.82) is 0 Å². The van der Waals surface area contributed by atoms with Crippen LogP contribution in [0.3, 0.4) is 0 Å². The van der Waals surface area contributed by atoms with Crippen LogP contribution in [0, 0.1) is 30.2 Å². The van der Waals surface area contributed by atoms with E-state index < -0.39 is 69.2 Å². The molecule has 0 heterocycles. The van der Waals surface area contributed by atoms with E-state index >= 15 is 8.78 Å². The Morgan fingerprint density at radius 3 is 1.76 bits per heavy atom. The van der Waals surface area contributed by atoms with E-state index in [1.165, 1.54) is 18.2 Å². The Bertz CT molecular complexity index is 1550. The van der Waals surface area contributed by atoms with Crippen molar-refractivity contribution in [2.24, 2.45) is 0 Å². The molecule has 4 unspecified atom stereocenters. The van der Waals surface area contributed by atoms with Crippen molar-refractivity contribution in [2.45, 2.75) is 35.8 Å². The molecular weight excluding hydrogens is 622 g/mol. The van der Waals surface area contributed by atoms with Gasteiger partial charge in [0, 0.05) is 45.6 Å². The minimum atomic E-state index is -2.39. The van der Waals surface area contributed by atoms with Gasteiger partial charge in [-0.25, -0.2) is 17.6 Å². The van der Waals surface area contributed by atoms with Crippen molar-refractivity contribution in [3.05, 3.63) is 140 Å². The van der Waals surface area contributed by atoms with Gasteiger partial charge in [-0.3, -0.25) is 0 Å². The first-order valence-electron chi connectivity index (χ1n) is 12.4. The smallest absolute Gasteiger partial charge is 0.132 e. The fourth-order valence-electron chi connectivity index (χ4n) is 5.20. The summed E-state index contributed by atoms with van der Waals surface area (Å²) in [5.41, 5.74) is -4.14. The van der Waals surface area contributed by atoms with Gasteiger partial charge < -0.3 is 10.2 Å². The van der Waals surface area contributed by atoms with Gasteiger partial charge in [0.2, 0.25) is 0 Å². The topological polar surface area (TPSA) is 40.5 Å². The second-order valence-electron chi connectivity index (χ2n) is 9.98. The normalized spacial score (nSPS) is 16.1. The molecule has 2 N–H and O–H groups in total. The van der Waals surface area contributed by atoms with Crippen molar-refractivity contribution in [2.75, 3.05) is 5.88 Å². The average molecular weight is 646 g/mol. The number of hydrogen-bond acceptors (Lipinski definition) is 2. The predicted octanol–water partition coefficient (Wildman–Crippen LogP) is 8.81. The highest BCUT2D eigenvalue weighted by atomic mass is 35.5. The van der Waals surface area contributed by atoms with Gasteiger partial charge in [0.25, 0.3) is 0 Å². The van der Waals surface area contributed by atoms with E-state index in [2.05, 4.69) is 0 Å². The van der Waals surface area contributed by atoms with Crippen LogP contribution in [-0.2, 0) is 17.6 Å². The standard InChI is InChI=1S/C31H24Cl4F4O2/c1-17-3-2-4-19(9-17)28(31(41,16-32)25-8-6-23(37)14-27(25)39)29(35)30(40,24-7-5-22(36)13-26(24)38)15-18-10-20(33)12-21(34)11-18/h2-14,28-29,40-41H,15-16H2,1H3. The molecule has 0 aliphatic heterocycles. The summed E-state index contributed by atoms with van der Waals surface area (Å²) in [6, 6.07) is 16.2. The summed E-state index contributed by atoms with van der Waals surface area (Å²) in [7, 11) is 0. The number of halogens is 8. The Hall–Kier alpha value is -2.32. The highest BCUT2D eigenvalue weighted by molar-refractivity contribution is 6.34. The van der Waals surface area contributed by atoms with Gasteiger partial charge in [-0.15, -0.1) is 23.2 Å². The van der Waals surface area contributed by atoms with Crippen LogP contribution in [0.15, 0.2) is 78.9 Å². The van der Waals surface area contributed by atoms with E-state index in [-0.39, 0.29) is 10.0 Å². The van der Waals surface area contributed by atoms with Crippen LogP contribution in [-0.4, -0.2) is 21.5 Å². The molecule has 0 aliphatic carbocycles. The van der Waals surface area contributed by atoms with Crippen molar-refractivity contribution in [3.63, 3.8) is 0 Å². The molecule has 0 aromatic heterocycles. The van der Waals surface area contributed by atoms with Crippen LogP contribution in [0.1, 0.15) is 33.7 Å². The lowest BCUT2D eigenvalue weighted by molar-refractivity contribution is -0.0329. The van der Waals surface area contributed by atoms with Crippen LogP contribution < -0.4 is 0 Å². The highest BCUT2D eigenvalue weighted by Crippen LogP contribution is 2.50. The molecule has 4 rings (SSSR count). The second-order valence-corrected chi connectivity index (χ2v) is 11.6. The van der Waals surface area contributed by atoms with E-state index in [1.807, 2.05) is 0 Å². The number of benzene rings is 4. The zero-order chi connectivity index (χ0) is 30.1. The molecule has 0 saturated carbocycles. The molecule has 0 spiro atoms. The van der Waals surface area contributed by atoms with E-state index in [9.17, 15) is 19.0 Å². The molecule has 4 aromatic carbocycles. The maximum absolute atomic E-state index is 15.4. The van der Waals surface area contributed by atoms with Gasteiger partial charge in [-0.05, 0) is 48.4 Å². The van der Waals surface area contributed by atoms with Crippen LogP contribution in [0.5, 0.6) is 0 Å². The lowest BCUT2D eigenvalue weighted by Crippen LogP contribution is -2.50. The van der Waals surface area contributed by atoms with E-state index in [1.54, 1.807) is 31.2 Å². The first-order chi connectivity index (χ1) is 19.3. The molecule has 216 valence electrons. The van der Waals surface area contributed by atoms with E-state index in [0.717, 1.165) is 29.8 Å². The number of rotatable bonds is 9. The lowest BCUT2D eigenvalue weighted by Gasteiger charge is -2.45. The molecule has 0 bridgehead atoms. The molecule has 0 fully saturated rings. The molecule has 4 atom stereocenters. The van der Waals surface area contributed by atoms with Gasteiger partial charge in [-0.1, -0.05) is 65.2 Å². The summed E-state index contributed by atoms with van der Waals surface area (Å²) in [6.45, 7) is 1.77. The minimum Gasteiger partial charge on any atom is -0.383 e. The Balaban J connectivity index is 2.01. The SMILES string of the molecule is Cc1cccc(C(C(Cl)C(O)(Cc2cc(Cl)cc(Cl)c2)c2ccc(F)cc2F)C(O)(CCl)c2ccc(F)cc2F)c1. The van der Waals surface area contributed by atoms with Gasteiger partial charge >= 0.3 is 0 Å².